The van der Waals surface area contributed by atoms with Crippen molar-refractivity contribution in [2.24, 2.45) is 0 Å². The number of rotatable bonds is 6. The predicted octanol–water partition coefficient (Wildman–Crippen LogP) is 2.69. The summed E-state index contributed by atoms with van der Waals surface area (Å²) in [5, 5.41) is 9.16. The van der Waals surface area contributed by atoms with E-state index in [1.54, 1.807) is 18.3 Å². The summed E-state index contributed by atoms with van der Waals surface area (Å²) in [7, 11) is 0. The Labute approximate surface area is 132 Å². The van der Waals surface area contributed by atoms with E-state index in [4.69, 9.17) is 9.52 Å². The van der Waals surface area contributed by atoms with Gasteiger partial charge in [-0.15, -0.1) is 11.3 Å². The third kappa shape index (κ3) is 3.10. The minimum Gasteiger partial charge on any atom is -0.422 e. The number of aliphatic hydroxyl groups is 1. The predicted molar refractivity (Wildman–Crippen MR) is 86.1 cm³/mol. The van der Waals surface area contributed by atoms with Crippen LogP contribution in [0.1, 0.15) is 22.1 Å². The Morgan fingerprint density at radius 3 is 2.86 bits per heavy atom. The molecule has 0 saturated heterocycles. The van der Waals surface area contributed by atoms with Crippen molar-refractivity contribution < 1.29 is 9.52 Å². The first-order chi connectivity index (χ1) is 10.7. The Bertz CT molecular complexity index is 768. The monoisotopic (exact) mass is 318 g/mol. The van der Waals surface area contributed by atoms with Gasteiger partial charge < -0.3 is 14.4 Å². The molecule has 3 aromatic rings. The Kier molecular flexibility index (Phi) is 4.35. The number of aromatic nitrogens is 3. The van der Waals surface area contributed by atoms with Gasteiger partial charge in [0.05, 0.1) is 6.54 Å². The first-order valence-electron chi connectivity index (χ1n) is 7.16. The molecule has 1 N–H and O–H groups in total. The molecular formula is C15H18N4O2S. The maximum atomic E-state index is 9.16. The smallest absolute Gasteiger partial charge is 0.252 e. The molecule has 0 aliphatic heterocycles. The van der Waals surface area contributed by atoms with Crippen LogP contribution in [0, 0.1) is 13.8 Å². The Balaban J connectivity index is 1.96. The normalized spacial score (nSPS) is 11.2. The molecule has 0 radical (unpaired) electrons. The Morgan fingerprint density at radius 2 is 2.14 bits per heavy atom. The summed E-state index contributed by atoms with van der Waals surface area (Å²) >= 11 is 1.76. The van der Waals surface area contributed by atoms with Gasteiger partial charge in [0.1, 0.15) is 6.33 Å². The summed E-state index contributed by atoms with van der Waals surface area (Å²) < 4.78 is 5.48. The number of aryl methyl sites for hydroxylation is 2. The molecule has 0 aliphatic carbocycles. The second kappa shape index (κ2) is 6.41. The molecular weight excluding hydrogens is 300 g/mol. The Morgan fingerprint density at radius 1 is 1.27 bits per heavy atom. The van der Waals surface area contributed by atoms with Crippen molar-refractivity contribution >= 4 is 28.4 Å². The Hall–Kier alpha value is -1.99. The van der Waals surface area contributed by atoms with E-state index in [-0.39, 0.29) is 6.61 Å². The van der Waals surface area contributed by atoms with Crippen LogP contribution >= 0.6 is 11.3 Å². The second-order valence-electron chi connectivity index (χ2n) is 5.09. The SMILES string of the molecule is Cc1nc2c(N(CCCO)Cc3ccc(C)s3)ncnc2o1. The number of fused-ring (bicyclic) bond motifs is 1. The van der Waals surface area contributed by atoms with E-state index in [2.05, 4.69) is 38.9 Å². The first-order valence-corrected chi connectivity index (χ1v) is 7.98. The van der Waals surface area contributed by atoms with Crippen LogP contribution in [0.5, 0.6) is 0 Å². The second-order valence-corrected chi connectivity index (χ2v) is 6.47. The van der Waals surface area contributed by atoms with E-state index >= 15 is 0 Å². The van der Waals surface area contributed by atoms with E-state index in [0.717, 1.165) is 12.4 Å². The highest BCUT2D eigenvalue weighted by molar-refractivity contribution is 7.11. The number of aliphatic hydroxyl groups excluding tert-OH is 1. The standard InChI is InChI=1S/C15H18N4O2S/c1-10-4-5-12(22-10)8-19(6-3-7-20)14-13-15(17-9-16-14)21-11(2)18-13/h4-5,9,20H,3,6-8H2,1-2H3. The molecule has 7 heteroatoms. The number of anilines is 1. The zero-order valence-electron chi connectivity index (χ0n) is 12.6. The fraction of sp³-hybridized carbons (Fsp3) is 0.400. The van der Waals surface area contributed by atoms with Gasteiger partial charge in [0.25, 0.3) is 5.71 Å². The van der Waals surface area contributed by atoms with E-state index in [9.17, 15) is 0 Å². The maximum absolute atomic E-state index is 9.16. The van der Waals surface area contributed by atoms with Crippen LogP contribution in [0.3, 0.4) is 0 Å². The summed E-state index contributed by atoms with van der Waals surface area (Å²) in [5.41, 5.74) is 1.17. The van der Waals surface area contributed by atoms with Gasteiger partial charge in [-0.25, -0.2) is 9.97 Å². The topological polar surface area (TPSA) is 75.3 Å². The molecule has 3 heterocycles. The number of thiophene rings is 1. The largest absolute Gasteiger partial charge is 0.422 e. The number of hydrogen-bond donors (Lipinski definition) is 1. The van der Waals surface area contributed by atoms with Crippen LogP contribution in [0.4, 0.5) is 5.82 Å². The molecule has 0 spiro atoms. The summed E-state index contributed by atoms with van der Waals surface area (Å²) in [4.78, 5) is 17.6. The maximum Gasteiger partial charge on any atom is 0.252 e. The average Bonchev–Trinajstić information content (AvgIpc) is 3.07. The van der Waals surface area contributed by atoms with Crippen LogP contribution in [0.25, 0.3) is 11.2 Å². The van der Waals surface area contributed by atoms with Crippen molar-refractivity contribution in [3.63, 3.8) is 0 Å². The van der Waals surface area contributed by atoms with Gasteiger partial charge in [-0.05, 0) is 25.5 Å². The number of oxazole rings is 1. The minimum atomic E-state index is 0.145. The average molecular weight is 318 g/mol. The van der Waals surface area contributed by atoms with Gasteiger partial charge in [-0.3, -0.25) is 0 Å². The molecule has 0 aliphatic rings. The van der Waals surface area contributed by atoms with Gasteiger partial charge in [0.2, 0.25) is 0 Å². The molecule has 0 amide bonds. The third-order valence-electron chi connectivity index (χ3n) is 3.31. The lowest BCUT2D eigenvalue weighted by Gasteiger charge is -2.22. The zero-order chi connectivity index (χ0) is 15.5. The number of nitrogens with zero attached hydrogens (tertiary/aromatic N) is 4. The molecule has 0 bridgehead atoms. The lowest BCUT2D eigenvalue weighted by Crippen LogP contribution is -2.25. The van der Waals surface area contributed by atoms with Gasteiger partial charge in [-0.1, -0.05) is 0 Å². The van der Waals surface area contributed by atoms with Crippen LogP contribution in [0.15, 0.2) is 22.9 Å². The van der Waals surface area contributed by atoms with Gasteiger partial charge in [0.15, 0.2) is 17.2 Å². The van der Waals surface area contributed by atoms with Crippen molar-refractivity contribution in [1.82, 2.24) is 15.0 Å². The zero-order valence-corrected chi connectivity index (χ0v) is 13.4. The quantitative estimate of drug-likeness (QED) is 0.753. The molecule has 0 aromatic carbocycles. The molecule has 0 atom stereocenters. The van der Waals surface area contributed by atoms with Crippen LogP contribution < -0.4 is 4.90 Å². The highest BCUT2D eigenvalue weighted by Gasteiger charge is 2.17. The molecule has 0 unspecified atom stereocenters. The molecule has 0 fully saturated rings. The first kappa shape index (κ1) is 14.9. The molecule has 22 heavy (non-hydrogen) atoms. The summed E-state index contributed by atoms with van der Waals surface area (Å²) in [6, 6.07) is 4.23. The highest BCUT2D eigenvalue weighted by atomic mass is 32.1. The molecule has 6 nitrogen and oxygen atoms in total. The fourth-order valence-corrected chi connectivity index (χ4v) is 3.26. The van der Waals surface area contributed by atoms with Crippen molar-refractivity contribution in [1.29, 1.82) is 0 Å². The lowest BCUT2D eigenvalue weighted by atomic mass is 10.3. The van der Waals surface area contributed by atoms with Crippen molar-refractivity contribution in [3.8, 4) is 0 Å². The van der Waals surface area contributed by atoms with Crippen LogP contribution in [-0.2, 0) is 6.54 Å². The van der Waals surface area contributed by atoms with Crippen molar-refractivity contribution in [3.05, 3.63) is 34.1 Å². The molecule has 3 aromatic heterocycles. The van der Waals surface area contributed by atoms with Crippen LogP contribution in [-0.4, -0.2) is 33.2 Å². The number of hydrogen-bond acceptors (Lipinski definition) is 7. The van der Waals surface area contributed by atoms with Crippen LogP contribution in [0.2, 0.25) is 0 Å². The van der Waals surface area contributed by atoms with Gasteiger partial charge >= 0.3 is 0 Å². The van der Waals surface area contributed by atoms with E-state index in [1.807, 2.05) is 0 Å². The molecule has 116 valence electrons. The summed E-state index contributed by atoms with van der Waals surface area (Å²) in [6.07, 6.45) is 2.17. The van der Waals surface area contributed by atoms with E-state index < -0.39 is 0 Å². The highest BCUT2D eigenvalue weighted by Crippen LogP contribution is 2.26. The molecule has 3 rings (SSSR count). The minimum absolute atomic E-state index is 0.145. The third-order valence-corrected chi connectivity index (χ3v) is 4.30. The lowest BCUT2D eigenvalue weighted by molar-refractivity contribution is 0.289. The van der Waals surface area contributed by atoms with Crippen molar-refractivity contribution in [2.75, 3.05) is 18.1 Å². The summed E-state index contributed by atoms with van der Waals surface area (Å²) in [6.45, 7) is 5.47. The van der Waals surface area contributed by atoms with Crippen molar-refractivity contribution in [2.45, 2.75) is 26.8 Å². The van der Waals surface area contributed by atoms with E-state index in [1.165, 1.54) is 16.1 Å². The van der Waals surface area contributed by atoms with Gasteiger partial charge in [-0.2, -0.15) is 4.98 Å². The summed E-state index contributed by atoms with van der Waals surface area (Å²) in [5.74, 6) is 1.33. The van der Waals surface area contributed by atoms with E-state index in [0.29, 0.717) is 30.1 Å². The fourth-order valence-electron chi connectivity index (χ4n) is 2.36. The molecule has 0 saturated carbocycles. The van der Waals surface area contributed by atoms with Gasteiger partial charge in [0, 0.05) is 29.8 Å².